The number of ether oxygens (including phenoxy) is 2. The number of allylic oxidation sites excluding steroid dienone is 4. The SMILES string of the molecule is CCCCC/C=C\CCCCCCCC(=O)OCC(COP(=O)(O)OC1C(O)C(O)C(O)C(O)C1O)OC(=O)CCCCCCCCC/C=C\CCCCCCCC. The highest BCUT2D eigenvalue weighted by molar-refractivity contribution is 7.47. The lowest BCUT2D eigenvalue weighted by molar-refractivity contribution is -0.220. The Kier molecular flexibility index (Phi) is 32.8. The van der Waals surface area contributed by atoms with Gasteiger partial charge in [0.25, 0.3) is 0 Å². The first kappa shape index (κ1) is 54.3. The monoisotopic (exact) mass is 849 g/mol. The number of carbonyl (C=O) groups is 2. The number of phosphoric ester groups is 1. The van der Waals surface area contributed by atoms with Crippen LogP contribution in [0.4, 0.5) is 0 Å². The van der Waals surface area contributed by atoms with Crippen LogP contribution >= 0.6 is 7.82 Å². The van der Waals surface area contributed by atoms with Crippen molar-refractivity contribution in [2.75, 3.05) is 13.2 Å². The van der Waals surface area contributed by atoms with Crippen LogP contribution in [-0.2, 0) is 32.7 Å². The number of hydrogen-bond acceptors (Lipinski definition) is 12. The molecule has 1 fully saturated rings. The van der Waals surface area contributed by atoms with Gasteiger partial charge in [-0.2, -0.15) is 0 Å². The molecule has 1 aliphatic carbocycles. The molecule has 0 aromatic rings. The molecule has 13 nitrogen and oxygen atoms in total. The van der Waals surface area contributed by atoms with E-state index in [4.69, 9.17) is 18.5 Å². The molecule has 0 aromatic carbocycles. The summed E-state index contributed by atoms with van der Waals surface area (Å²) in [6, 6.07) is 0. The number of rotatable bonds is 37. The molecule has 0 aliphatic heterocycles. The number of phosphoric acid groups is 1. The van der Waals surface area contributed by atoms with Crippen molar-refractivity contribution in [2.24, 2.45) is 0 Å². The molecule has 1 aliphatic rings. The Hall–Kier alpha value is -1.67. The van der Waals surface area contributed by atoms with Crippen molar-refractivity contribution < 1.29 is 63.1 Å². The van der Waals surface area contributed by atoms with Gasteiger partial charge in [0.05, 0.1) is 6.61 Å². The topological polar surface area (TPSA) is 210 Å². The lowest BCUT2D eigenvalue weighted by atomic mass is 9.85. The van der Waals surface area contributed by atoms with Crippen LogP contribution in [0.2, 0.25) is 0 Å². The van der Waals surface area contributed by atoms with Crippen LogP contribution < -0.4 is 0 Å². The third-order valence-corrected chi connectivity index (χ3v) is 11.5. The summed E-state index contributed by atoms with van der Waals surface area (Å²) in [5, 5.41) is 50.1. The smallest absolute Gasteiger partial charge is 0.462 e. The van der Waals surface area contributed by atoms with Crippen molar-refractivity contribution in [3.8, 4) is 0 Å². The van der Waals surface area contributed by atoms with E-state index in [-0.39, 0.29) is 12.8 Å². The third kappa shape index (κ3) is 27.2. The van der Waals surface area contributed by atoms with Crippen molar-refractivity contribution in [3.05, 3.63) is 24.3 Å². The minimum atomic E-state index is -5.12. The fourth-order valence-electron chi connectivity index (χ4n) is 6.81. The number of unbranched alkanes of at least 4 members (excludes halogenated alkanes) is 21. The molecule has 340 valence electrons. The van der Waals surface area contributed by atoms with Crippen LogP contribution in [-0.4, -0.2) is 98.3 Å². The fourth-order valence-corrected chi connectivity index (χ4v) is 7.78. The molecule has 1 saturated carbocycles. The van der Waals surface area contributed by atoms with Crippen LogP contribution in [0, 0.1) is 0 Å². The van der Waals surface area contributed by atoms with Gasteiger partial charge in [0, 0.05) is 12.8 Å². The van der Waals surface area contributed by atoms with E-state index in [2.05, 4.69) is 38.2 Å². The lowest BCUT2D eigenvalue weighted by Gasteiger charge is -2.41. The maximum Gasteiger partial charge on any atom is 0.472 e. The molecule has 0 aromatic heterocycles. The van der Waals surface area contributed by atoms with Gasteiger partial charge in [0.2, 0.25) is 0 Å². The molecular formula is C44H81O13P. The molecule has 1 rings (SSSR count). The zero-order valence-electron chi connectivity index (χ0n) is 35.8. The zero-order valence-corrected chi connectivity index (χ0v) is 36.7. The second kappa shape index (κ2) is 35.0. The van der Waals surface area contributed by atoms with E-state index in [1.54, 1.807) is 0 Å². The summed E-state index contributed by atoms with van der Waals surface area (Å²) in [6.07, 6.45) is 23.8. The van der Waals surface area contributed by atoms with E-state index >= 15 is 0 Å². The molecule has 6 N–H and O–H groups in total. The Labute approximate surface area is 349 Å². The maximum atomic E-state index is 12.8. The predicted octanol–water partition coefficient (Wildman–Crippen LogP) is 8.45. The molecule has 0 bridgehead atoms. The summed E-state index contributed by atoms with van der Waals surface area (Å²) >= 11 is 0. The van der Waals surface area contributed by atoms with Crippen molar-refractivity contribution in [1.29, 1.82) is 0 Å². The Balaban J connectivity index is 2.47. The Bertz CT molecular complexity index is 1120. The summed E-state index contributed by atoms with van der Waals surface area (Å²) in [5.74, 6) is -1.11. The summed E-state index contributed by atoms with van der Waals surface area (Å²) in [6.45, 7) is 3.25. The van der Waals surface area contributed by atoms with Crippen molar-refractivity contribution >= 4 is 19.8 Å². The molecule has 0 amide bonds. The highest BCUT2D eigenvalue weighted by Crippen LogP contribution is 2.47. The Morgan fingerprint density at radius 2 is 0.879 bits per heavy atom. The van der Waals surface area contributed by atoms with Gasteiger partial charge >= 0.3 is 19.8 Å². The van der Waals surface area contributed by atoms with Crippen molar-refractivity contribution in [2.45, 2.75) is 230 Å². The lowest BCUT2D eigenvalue weighted by Crippen LogP contribution is -2.64. The minimum Gasteiger partial charge on any atom is -0.462 e. The van der Waals surface area contributed by atoms with Gasteiger partial charge in [-0.1, -0.05) is 134 Å². The quantitative estimate of drug-likeness (QED) is 0.0150. The minimum absolute atomic E-state index is 0.0916. The molecule has 6 atom stereocenters. The second-order valence-electron chi connectivity index (χ2n) is 15.9. The third-order valence-electron chi connectivity index (χ3n) is 10.5. The Morgan fingerprint density at radius 1 is 0.517 bits per heavy atom. The van der Waals surface area contributed by atoms with Crippen LogP contribution in [0.5, 0.6) is 0 Å². The van der Waals surface area contributed by atoms with E-state index in [1.165, 1.54) is 77.0 Å². The molecule has 0 radical (unpaired) electrons. The van der Waals surface area contributed by atoms with Gasteiger partial charge in [-0.25, -0.2) is 4.57 Å². The normalized spacial score (nSPS) is 22.7. The molecular weight excluding hydrogens is 767 g/mol. The van der Waals surface area contributed by atoms with E-state index in [0.717, 1.165) is 70.6 Å². The van der Waals surface area contributed by atoms with Gasteiger partial charge in [-0.05, 0) is 64.2 Å². The van der Waals surface area contributed by atoms with Gasteiger partial charge < -0.3 is 39.9 Å². The molecule has 0 heterocycles. The number of carbonyl (C=O) groups excluding carboxylic acids is 2. The van der Waals surface area contributed by atoms with Crippen molar-refractivity contribution in [3.63, 3.8) is 0 Å². The van der Waals surface area contributed by atoms with E-state index in [9.17, 15) is 44.6 Å². The van der Waals surface area contributed by atoms with Crippen LogP contribution in [0.1, 0.15) is 187 Å². The summed E-state index contributed by atoms with van der Waals surface area (Å²) in [4.78, 5) is 35.6. The average molecular weight is 849 g/mol. The average Bonchev–Trinajstić information content (AvgIpc) is 3.20. The first-order valence-corrected chi connectivity index (χ1v) is 24.1. The largest absolute Gasteiger partial charge is 0.472 e. The summed E-state index contributed by atoms with van der Waals surface area (Å²) in [7, 11) is -5.12. The van der Waals surface area contributed by atoms with Gasteiger partial charge in [-0.15, -0.1) is 0 Å². The summed E-state index contributed by atoms with van der Waals surface area (Å²) < 4.78 is 33.5. The number of aliphatic hydroxyl groups is 5. The van der Waals surface area contributed by atoms with E-state index in [1.807, 2.05) is 0 Å². The van der Waals surface area contributed by atoms with Gasteiger partial charge in [0.1, 0.15) is 43.2 Å². The van der Waals surface area contributed by atoms with E-state index in [0.29, 0.717) is 12.8 Å². The Morgan fingerprint density at radius 3 is 1.34 bits per heavy atom. The van der Waals surface area contributed by atoms with Crippen LogP contribution in [0.3, 0.4) is 0 Å². The standard InChI is InChI=1S/C44H81O13P/c1-3-5-7-9-11-13-15-17-18-19-20-21-23-25-27-29-31-33-38(46)56-36(34-54-37(45)32-30-28-26-24-22-16-14-12-10-8-6-4-2)35-55-58(52,53)57-44-42(50)40(48)39(47)41(49)43(44)51/h12,14,17-18,36,39-44,47-51H,3-11,13,15-16,19-35H2,1-2H3,(H,52,53)/b14-12-,18-17-. The molecule has 14 heteroatoms. The second-order valence-corrected chi connectivity index (χ2v) is 17.3. The predicted molar refractivity (Wildman–Crippen MR) is 226 cm³/mol. The first-order chi connectivity index (χ1) is 27.9. The van der Waals surface area contributed by atoms with Crippen LogP contribution in [0.25, 0.3) is 0 Å². The molecule has 0 spiro atoms. The number of aliphatic hydroxyl groups excluding tert-OH is 5. The fraction of sp³-hybridized carbons (Fsp3) is 0.864. The van der Waals surface area contributed by atoms with Gasteiger partial charge in [-0.3, -0.25) is 18.6 Å². The molecule has 0 saturated heterocycles. The maximum absolute atomic E-state index is 12.8. The number of esters is 2. The molecule has 58 heavy (non-hydrogen) atoms. The summed E-state index contributed by atoms with van der Waals surface area (Å²) in [5.41, 5.74) is 0. The van der Waals surface area contributed by atoms with Crippen molar-refractivity contribution in [1.82, 2.24) is 0 Å². The molecule has 6 unspecified atom stereocenters. The zero-order chi connectivity index (χ0) is 42.9. The first-order valence-electron chi connectivity index (χ1n) is 22.6. The van der Waals surface area contributed by atoms with Crippen LogP contribution in [0.15, 0.2) is 24.3 Å². The highest BCUT2D eigenvalue weighted by Gasteiger charge is 2.51. The highest BCUT2D eigenvalue weighted by atomic mass is 31.2. The number of hydrogen-bond donors (Lipinski definition) is 6. The van der Waals surface area contributed by atoms with Gasteiger partial charge in [0.15, 0.2) is 6.10 Å². The van der Waals surface area contributed by atoms with E-state index < -0.39 is 75.7 Å².